The van der Waals surface area contributed by atoms with Crippen LogP contribution in [0.2, 0.25) is 0 Å². The average molecular weight is 295 g/mol. The lowest BCUT2D eigenvalue weighted by atomic mass is 10.5. The van der Waals surface area contributed by atoms with Gasteiger partial charge in [0.05, 0.1) is 0 Å². The van der Waals surface area contributed by atoms with Gasteiger partial charge in [0, 0.05) is 5.64 Å². The van der Waals surface area contributed by atoms with Crippen molar-refractivity contribution < 1.29 is 9.68 Å². The average Bonchev–Trinajstić information content (AvgIpc) is 2.47. The van der Waals surface area contributed by atoms with E-state index >= 15 is 0 Å². The molecule has 5 N–H and O–H groups in total. The van der Waals surface area contributed by atoms with E-state index in [0.717, 1.165) is 0 Å². The molecule has 3 rings (SSSR count). The van der Waals surface area contributed by atoms with Crippen LogP contribution in [0, 0.1) is 0 Å². The Labute approximate surface area is 111 Å². The first-order valence-electron chi connectivity index (χ1n) is 5.28. The first kappa shape index (κ1) is 12.5. The van der Waals surface area contributed by atoms with Crippen LogP contribution in [-0.2, 0) is 0 Å². The fraction of sp³-hybridized carbons (Fsp3) is 0. The van der Waals surface area contributed by atoms with Crippen molar-refractivity contribution in [2.75, 3.05) is 0 Å². The maximum Gasteiger partial charge on any atom is 0.328 e. The van der Waals surface area contributed by atoms with Gasteiger partial charge in [-0.1, -0.05) is 0 Å². The van der Waals surface area contributed by atoms with E-state index in [1.165, 1.54) is 0 Å². The summed E-state index contributed by atoms with van der Waals surface area (Å²) in [7, 11) is 0. The van der Waals surface area contributed by atoms with Crippen LogP contribution in [0.5, 0.6) is 11.8 Å². The van der Waals surface area contributed by atoms with E-state index in [2.05, 4.69) is 20.2 Å². The van der Waals surface area contributed by atoms with E-state index in [-0.39, 0.29) is 11.8 Å². The number of azo groups is 1. The van der Waals surface area contributed by atoms with Crippen molar-refractivity contribution in [1.29, 1.82) is 0 Å². The van der Waals surface area contributed by atoms with Crippen LogP contribution in [0.3, 0.4) is 0 Å². The third-order valence-electron chi connectivity index (χ3n) is 2.31. The van der Waals surface area contributed by atoms with Gasteiger partial charge < -0.3 is 9.68 Å². The van der Waals surface area contributed by atoms with E-state index in [9.17, 15) is 19.2 Å². The van der Waals surface area contributed by atoms with Gasteiger partial charge in [0.2, 0.25) is 11.4 Å². The second-order valence-electron chi connectivity index (χ2n) is 3.66. The molecule has 0 radical (unpaired) electrons. The summed E-state index contributed by atoms with van der Waals surface area (Å²) >= 11 is 0. The number of nitrogens with one attached hydrogen (secondary N) is 5. The topological polar surface area (TPSA) is 187 Å². The SMILES string of the molecule is O=c1[nH]c2c(c(=O)[nH]1)N=Nc1c([nH]c(=O)[nH]c1=O)ONO2. The Morgan fingerprint density at radius 2 is 1.10 bits per heavy atom. The molecule has 0 bridgehead atoms. The van der Waals surface area contributed by atoms with Gasteiger partial charge in [-0.05, 0) is 0 Å². The highest BCUT2D eigenvalue weighted by Gasteiger charge is 2.17. The lowest BCUT2D eigenvalue weighted by Gasteiger charge is -2.06. The molecule has 1 aliphatic heterocycles. The lowest BCUT2D eigenvalue weighted by molar-refractivity contribution is -0.0253. The van der Waals surface area contributed by atoms with Crippen molar-refractivity contribution in [2.24, 2.45) is 10.2 Å². The predicted octanol–water partition coefficient (Wildman–Crippen LogP) is -1.95. The van der Waals surface area contributed by atoms with Gasteiger partial charge in [-0.25, -0.2) is 9.59 Å². The van der Waals surface area contributed by atoms with E-state index < -0.39 is 33.9 Å². The third-order valence-corrected chi connectivity index (χ3v) is 2.31. The maximum atomic E-state index is 11.6. The van der Waals surface area contributed by atoms with Crippen molar-refractivity contribution >= 4 is 11.4 Å². The molecule has 0 amide bonds. The van der Waals surface area contributed by atoms with Crippen molar-refractivity contribution in [3.63, 3.8) is 0 Å². The number of fused-ring (bicyclic) bond motifs is 2. The lowest BCUT2D eigenvalue weighted by Crippen LogP contribution is -2.30. The molecule has 2 aromatic rings. The van der Waals surface area contributed by atoms with Crippen molar-refractivity contribution in [1.82, 2.24) is 25.6 Å². The van der Waals surface area contributed by atoms with Gasteiger partial charge in [-0.15, -0.1) is 10.2 Å². The quantitative estimate of drug-likeness (QED) is 0.373. The van der Waals surface area contributed by atoms with Gasteiger partial charge in [0.25, 0.3) is 22.9 Å². The number of aromatic nitrogens is 4. The fourth-order valence-corrected chi connectivity index (χ4v) is 1.45. The smallest absolute Gasteiger partial charge is 0.328 e. The molecule has 2 aromatic heterocycles. The van der Waals surface area contributed by atoms with Gasteiger partial charge in [-0.2, -0.15) is 0 Å². The zero-order valence-electron chi connectivity index (χ0n) is 9.84. The number of nitrogens with zero attached hydrogens (tertiary/aromatic N) is 2. The Bertz CT molecular complexity index is 885. The Kier molecular flexibility index (Phi) is 2.73. The normalized spacial score (nSPS) is 13.0. The van der Waals surface area contributed by atoms with E-state index in [0.29, 0.717) is 0 Å². The van der Waals surface area contributed by atoms with E-state index in [4.69, 9.17) is 9.68 Å². The number of H-pyrrole nitrogens is 4. The molecule has 0 aromatic carbocycles. The molecule has 0 unspecified atom stereocenters. The molecule has 0 spiro atoms. The summed E-state index contributed by atoms with van der Waals surface area (Å²) in [4.78, 5) is 63.0. The zero-order chi connectivity index (χ0) is 15.0. The van der Waals surface area contributed by atoms with Crippen LogP contribution in [0.1, 0.15) is 0 Å². The van der Waals surface area contributed by atoms with Crippen molar-refractivity contribution in [2.45, 2.75) is 0 Å². The molecule has 3 heterocycles. The summed E-state index contributed by atoms with van der Waals surface area (Å²) in [5.74, 6) is -0.779. The Morgan fingerprint density at radius 1 is 0.667 bits per heavy atom. The molecule has 0 fully saturated rings. The molecule has 21 heavy (non-hydrogen) atoms. The predicted molar refractivity (Wildman–Crippen MR) is 63.9 cm³/mol. The number of aromatic amines is 4. The minimum Gasteiger partial charge on any atom is -0.352 e. The zero-order valence-corrected chi connectivity index (χ0v) is 9.84. The summed E-state index contributed by atoms with van der Waals surface area (Å²) in [5, 5.41) is 7.01. The molecule has 13 heteroatoms. The summed E-state index contributed by atoms with van der Waals surface area (Å²) in [6.45, 7) is 0. The number of rotatable bonds is 0. The Hall–Kier alpha value is -3.48. The van der Waals surface area contributed by atoms with Crippen LogP contribution < -0.4 is 37.8 Å². The van der Waals surface area contributed by atoms with Crippen LogP contribution in [0.25, 0.3) is 0 Å². The molecule has 108 valence electrons. The highest BCUT2D eigenvalue weighted by atomic mass is 16.9. The fourth-order valence-electron chi connectivity index (χ4n) is 1.45. The minimum absolute atomic E-state index is 0.390. The van der Waals surface area contributed by atoms with Crippen molar-refractivity contribution in [3.05, 3.63) is 41.7 Å². The minimum atomic E-state index is -0.899. The summed E-state index contributed by atoms with van der Waals surface area (Å²) in [6, 6.07) is 0. The molecule has 13 nitrogen and oxygen atoms in total. The second-order valence-corrected chi connectivity index (χ2v) is 3.66. The Balaban J connectivity index is 2.24. The molecule has 0 saturated carbocycles. The van der Waals surface area contributed by atoms with E-state index in [1.807, 2.05) is 15.6 Å². The second kappa shape index (κ2) is 4.57. The van der Waals surface area contributed by atoms with Gasteiger partial charge >= 0.3 is 11.4 Å². The first-order chi connectivity index (χ1) is 10.0. The largest absolute Gasteiger partial charge is 0.352 e. The summed E-state index contributed by atoms with van der Waals surface area (Å²) < 4.78 is 0. The molecular weight excluding hydrogens is 290 g/mol. The van der Waals surface area contributed by atoms with Gasteiger partial charge in [0.15, 0.2) is 0 Å². The van der Waals surface area contributed by atoms with Crippen LogP contribution >= 0.6 is 0 Å². The van der Waals surface area contributed by atoms with Gasteiger partial charge in [0.1, 0.15) is 0 Å². The number of hydrogen-bond donors (Lipinski definition) is 5. The molecule has 0 atom stereocenters. The van der Waals surface area contributed by atoms with Crippen LogP contribution in [0.4, 0.5) is 11.4 Å². The standard InChI is InChI=1S/C8H5N7O6/c16-3-1-5(11-7(18)9-3)20-15-21-6-2(14-13-1)4(17)10-8(19)12-6/h15H,(H2,9,11,16,18)(H2,10,12,17,19). The highest BCUT2D eigenvalue weighted by molar-refractivity contribution is 5.47. The third kappa shape index (κ3) is 2.23. The summed E-state index contributed by atoms with van der Waals surface area (Å²) in [6.07, 6.45) is 0. The van der Waals surface area contributed by atoms with Crippen molar-refractivity contribution in [3.8, 4) is 11.8 Å². The Morgan fingerprint density at radius 3 is 1.52 bits per heavy atom. The molecule has 1 aliphatic rings. The highest BCUT2D eigenvalue weighted by Crippen LogP contribution is 2.24. The number of hydrogen-bond acceptors (Lipinski definition) is 9. The monoisotopic (exact) mass is 295 g/mol. The molecule has 0 saturated heterocycles. The molecular formula is C8H5N7O6. The van der Waals surface area contributed by atoms with Crippen LogP contribution in [-0.4, -0.2) is 19.9 Å². The molecule has 0 aliphatic carbocycles. The maximum absolute atomic E-state index is 11.6. The summed E-state index contributed by atoms with van der Waals surface area (Å²) in [5.41, 5.74) is -2.44. The van der Waals surface area contributed by atoms with Crippen LogP contribution in [0.15, 0.2) is 29.4 Å². The van der Waals surface area contributed by atoms with E-state index in [1.54, 1.807) is 0 Å². The van der Waals surface area contributed by atoms with Gasteiger partial charge in [-0.3, -0.25) is 29.5 Å². The first-order valence-corrected chi connectivity index (χ1v) is 5.28.